The summed E-state index contributed by atoms with van der Waals surface area (Å²) in [6.45, 7) is 0. The standard InChI is InChI=1S/C24H13BrO/c25-20-10-4-3-8-16(20)19-13-12-18-15-7-2-1-6-14(15)17-9-5-11-21-22(17)23(18)24(19)26-21/h1-13H. The first kappa shape index (κ1) is 14.3. The maximum absolute atomic E-state index is 6.41. The van der Waals surface area contributed by atoms with Crippen LogP contribution in [0, 0.1) is 0 Å². The van der Waals surface area contributed by atoms with Crippen molar-refractivity contribution in [3.63, 3.8) is 0 Å². The van der Waals surface area contributed by atoms with Crippen LogP contribution in [0.3, 0.4) is 0 Å². The molecule has 5 aromatic carbocycles. The van der Waals surface area contributed by atoms with Gasteiger partial charge >= 0.3 is 0 Å². The summed E-state index contributed by atoms with van der Waals surface area (Å²) in [5.74, 6) is 0. The van der Waals surface area contributed by atoms with E-state index in [9.17, 15) is 0 Å². The van der Waals surface area contributed by atoms with Crippen molar-refractivity contribution in [1.82, 2.24) is 0 Å². The van der Waals surface area contributed by atoms with E-state index in [1.807, 2.05) is 6.07 Å². The number of rotatable bonds is 1. The minimum absolute atomic E-state index is 0.952. The largest absolute Gasteiger partial charge is 0.455 e. The van der Waals surface area contributed by atoms with E-state index >= 15 is 0 Å². The first-order valence-corrected chi connectivity index (χ1v) is 9.45. The Kier molecular flexibility index (Phi) is 2.81. The average Bonchev–Trinajstić information content (AvgIpc) is 3.08. The minimum Gasteiger partial charge on any atom is -0.455 e. The summed E-state index contributed by atoms with van der Waals surface area (Å²) in [5, 5.41) is 7.52. The molecule has 0 spiro atoms. The lowest BCUT2D eigenvalue weighted by Gasteiger charge is -2.10. The molecule has 0 aliphatic rings. The van der Waals surface area contributed by atoms with E-state index < -0.39 is 0 Å². The Morgan fingerprint density at radius 2 is 1.23 bits per heavy atom. The molecule has 0 N–H and O–H groups in total. The Balaban J connectivity index is 1.91. The van der Waals surface area contributed by atoms with Crippen molar-refractivity contribution in [2.45, 2.75) is 0 Å². The molecule has 0 fully saturated rings. The van der Waals surface area contributed by atoms with Gasteiger partial charge in [-0.3, -0.25) is 0 Å². The van der Waals surface area contributed by atoms with Crippen molar-refractivity contribution < 1.29 is 4.42 Å². The molecule has 0 saturated carbocycles. The summed E-state index contributed by atoms with van der Waals surface area (Å²) in [5.41, 5.74) is 4.19. The summed E-state index contributed by atoms with van der Waals surface area (Å²) in [7, 11) is 0. The molecule has 0 atom stereocenters. The zero-order valence-electron chi connectivity index (χ0n) is 13.8. The Hall–Kier alpha value is -2.84. The topological polar surface area (TPSA) is 13.1 Å². The zero-order valence-corrected chi connectivity index (χ0v) is 15.4. The second-order valence-corrected chi connectivity index (χ2v) is 7.53. The number of benzene rings is 5. The third-order valence-electron chi connectivity index (χ3n) is 5.32. The van der Waals surface area contributed by atoms with Gasteiger partial charge in [0, 0.05) is 20.8 Å². The maximum Gasteiger partial charge on any atom is 0.143 e. The number of fused-ring (bicyclic) bond motifs is 3. The fraction of sp³-hybridized carbons (Fsp3) is 0. The fourth-order valence-corrected chi connectivity index (χ4v) is 4.71. The van der Waals surface area contributed by atoms with Gasteiger partial charge in [0.1, 0.15) is 11.2 Å². The summed E-state index contributed by atoms with van der Waals surface area (Å²) >= 11 is 3.69. The Morgan fingerprint density at radius 3 is 2.04 bits per heavy atom. The monoisotopic (exact) mass is 396 g/mol. The second kappa shape index (κ2) is 5.09. The highest BCUT2D eigenvalue weighted by Crippen LogP contribution is 2.46. The van der Waals surface area contributed by atoms with Gasteiger partial charge in [0.15, 0.2) is 0 Å². The zero-order chi connectivity index (χ0) is 17.3. The lowest BCUT2D eigenvalue weighted by molar-refractivity contribution is 0.670. The van der Waals surface area contributed by atoms with Crippen LogP contribution in [-0.4, -0.2) is 0 Å². The van der Waals surface area contributed by atoms with E-state index in [-0.39, 0.29) is 0 Å². The van der Waals surface area contributed by atoms with Gasteiger partial charge in [0.05, 0.1) is 0 Å². The third-order valence-corrected chi connectivity index (χ3v) is 6.01. The van der Waals surface area contributed by atoms with Gasteiger partial charge in [0.2, 0.25) is 0 Å². The van der Waals surface area contributed by atoms with E-state index in [0.717, 1.165) is 26.8 Å². The average molecular weight is 397 g/mol. The molecule has 6 aromatic rings. The van der Waals surface area contributed by atoms with Crippen LogP contribution in [0.1, 0.15) is 0 Å². The van der Waals surface area contributed by atoms with Crippen LogP contribution in [0.25, 0.3) is 54.6 Å². The Bertz CT molecular complexity index is 1440. The van der Waals surface area contributed by atoms with Crippen LogP contribution in [0.4, 0.5) is 0 Å². The predicted octanol–water partition coefficient (Wildman–Crippen LogP) is 7.76. The Morgan fingerprint density at radius 1 is 0.538 bits per heavy atom. The van der Waals surface area contributed by atoms with E-state index in [1.165, 1.54) is 32.3 Å². The molecule has 1 nitrogen and oxygen atoms in total. The highest BCUT2D eigenvalue weighted by molar-refractivity contribution is 9.10. The van der Waals surface area contributed by atoms with E-state index in [0.29, 0.717) is 0 Å². The molecule has 1 aromatic heterocycles. The van der Waals surface area contributed by atoms with Crippen molar-refractivity contribution >= 4 is 59.4 Å². The van der Waals surface area contributed by atoms with E-state index in [1.54, 1.807) is 0 Å². The molecule has 0 bridgehead atoms. The fourth-order valence-electron chi connectivity index (χ4n) is 4.21. The molecule has 0 aliphatic heterocycles. The summed E-state index contributed by atoms with van der Waals surface area (Å²) in [6, 6.07) is 27.7. The molecule has 2 heteroatoms. The van der Waals surface area contributed by atoms with Crippen LogP contribution in [0.15, 0.2) is 87.8 Å². The van der Waals surface area contributed by atoms with Crippen LogP contribution in [0.5, 0.6) is 0 Å². The maximum atomic E-state index is 6.41. The number of halogens is 1. The molecule has 0 aliphatic carbocycles. The van der Waals surface area contributed by atoms with Crippen LogP contribution >= 0.6 is 15.9 Å². The van der Waals surface area contributed by atoms with Crippen molar-refractivity contribution in [1.29, 1.82) is 0 Å². The van der Waals surface area contributed by atoms with Crippen LogP contribution in [-0.2, 0) is 0 Å². The van der Waals surface area contributed by atoms with Gasteiger partial charge in [-0.1, -0.05) is 76.6 Å². The molecule has 0 radical (unpaired) electrons. The van der Waals surface area contributed by atoms with Gasteiger partial charge in [-0.05, 0) is 45.3 Å². The number of hydrogen-bond acceptors (Lipinski definition) is 1. The van der Waals surface area contributed by atoms with Crippen LogP contribution < -0.4 is 0 Å². The summed E-state index contributed by atoms with van der Waals surface area (Å²) in [6.07, 6.45) is 0. The SMILES string of the molecule is Brc1ccccc1-c1ccc2c3ccccc3c3cccc4oc1c2c43. The number of furan rings is 1. The Labute approximate surface area is 158 Å². The predicted molar refractivity (Wildman–Crippen MR) is 113 cm³/mol. The quantitative estimate of drug-likeness (QED) is 0.259. The first-order chi connectivity index (χ1) is 12.8. The van der Waals surface area contributed by atoms with Gasteiger partial charge < -0.3 is 4.42 Å². The minimum atomic E-state index is 0.952. The third kappa shape index (κ3) is 1.75. The molecule has 122 valence electrons. The van der Waals surface area contributed by atoms with Crippen molar-refractivity contribution in [2.75, 3.05) is 0 Å². The van der Waals surface area contributed by atoms with Gasteiger partial charge in [-0.2, -0.15) is 0 Å². The molecule has 0 saturated heterocycles. The second-order valence-electron chi connectivity index (χ2n) is 6.67. The van der Waals surface area contributed by atoms with Crippen molar-refractivity contribution in [3.05, 3.63) is 83.3 Å². The van der Waals surface area contributed by atoms with E-state index in [4.69, 9.17) is 4.42 Å². The van der Waals surface area contributed by atoms with Crippen LogP contribution in [0.2, 0.25) is 0 Å². The molecule has 26 heavy (non-hydrogen) atoms. The highest BCUT2D eigenvalue weighted by atomic mass is 79.9. The lowest BCUT2D eigenvalue weighted by atomic mass is 9.92. The molecule has 0 unspecified atom stereocenters. The van der Waals surface area contributed by atoms with Gasteiger partial charge in [0.25, 0.3) is 0 Å². The van der Waals surface area contributed by atoms with Crippen molar-refractivity contribution in [2.24, 2.45) is 0 Å². The molecule has 0 amide bonds. The normalized spacial score (nSPS) is 12.0. The van der Waals surface area contributed by atoms with Gasteiger partial charge in [-0.25, -0.2) is 0 Å². The molecular formula is C24H13BrO. The first-order valence-electron chi connectivity index (χ1n) is 8.66. The molecule has 1 heterocycles. The van der Waals surface area contributed by atoms with E-state index in [2.05, 4.69) is 88.7 Å². The summed E-state index contributed by atoms with van der Waals surface area (Å²) in [4.78, 5) is 0. The smallest absolute Gasteiger partial charge is 0.143 e. The summed E-state index contributed by atoms with van der Waals surface area (Å²) < 4.78 is 7.48. The number of hydrogen-bond donors (Lipinski definition) is 0. The van der Waals surface area contributed by atoms with Gasteiger partial charge in [-0.15, -0.1) is 0 Å². The lowest BCUT2D eigenvalue weighted by Crippen LogP contribution is -1.84. The molecule has 6 rings (SSSR count). The molecular weight excluding hydrogens is 384 g/mol. The van der Waals surface area contributed by atoms with Crippen molar-refractivity contribution in [3.8, 4) is 11.1 Å². The highest BCUT2D eigenvalue weighted by Gasteiger charge is 2.20.